The van der Waals surface area contributed by atoms with E-state index in [1.807, 2.05) is 0 Å². The van der Waals surface area contributed by atoms with Crippen LogP contribution in [0.4, 0.5) is 0 Å². The van der Waals surface area contributed by atoms with Gasteiger partial charge in [0.25, 0.3) is 0 Å². The molecule has 2 aromatic rings. The minimum absolute atomic E-state index is 0.0184. The topological polar surface area (TPSA) is 273 Å². The Morgan fingerprint density at radius 1 is 0.794 bits per heavy atom. The van der Waals surface area contributed by atoms with Gasteiger partial charge in [0.05, 0.1) is 28.8 Å². The van der Waals surface area contributed by atoms with Crippen molar-refractivity contribution >= 4 is 47.8 Å². The largest absolute Gasteiger partial charge is 0.465 e. The molecule has 3 fully saturated rings. The standard InChI is InChI=1S/C43H49NO19/c1-21(45)55-20-42-34(59-24(4)48)30(57-22(2)46)29-32(50)43(42)41(8,54)33(31(58-23(3)47)35(42)60-25(5)49)61-38(53)39(6,62-36(51)26-13-10-9-11-14-26)17-16-28-27(15-12-18-44-28)37(52)56-19-40(29,7)63-43/h9-15,18,29-35,50,54H,16-17,19-20H2,1-8H3/t29-,30+,31+,32-,33+,34+,35+,39+,40+,41-,42-,43+/m1/s1. The molecule has 63 heavy (non-hydrogen) atoms. The number of cyclic esters (lactones) is 1. The number of benzene rings is 1. The van der Waals surface area contributed by atoms with Crippen molar-refractivity contribution in [1.29, 1.82) is 0 Å². The maximum atomic E-state index is 15.0. The zero-order chi connectivity index (χ0) is 46.4. The number of aliphatic hydroxyl groups excluding tert-OH is 1. The smallest absolute Gasteiger partial charge is 0.350 e. The molecule has 1 spiro atoms. The van der Waals surface area contributed by atoms with Crippen molar-refractivity contribution in [3.05, 3.63) is 65.5 Å². The molecule has 12 atom stereocenters. The van der Waals surface area contributed by atoms with Gasteiger partial charge >= 0.3 is 47.8 Å². The van der Waals surface area contributed by atoms with Crippen LogP contribution in [-0.2, 0) is 77.8 Å². The van der Waals surface area contributed by atoms with E-state index >= 15 is 0 Å². The quantitative estimate of drug-likeness (QED) is 0.279. The van der Waals surface area contributed by atoms with Crippen molar-refractivity contribution in [3.8, 4) is 0 Å². The van der Waals surface area contributed by atoms with Crippen molar-refractivity contribution in [2.45, 2.75) is 127 Å². The molecule has 0 radical (unpaired) electrons. The second-order valence-corrected chi connectivity index (χ2v) is 16.7. The highest BCUT2D eigenvalue weighted by molar-refractivity contribution is 5.93. The number of hydrogen-bond acceptors (Lipinski definition) is 20. The molecule has 3 heterocycles. The minimum atomic E-state index is -2.96. The van der Waals surface area contributed by atoms with Crippen LogP contribution in [0.2, 0.25) is 0 Å². The van der Waals surface area contributed by atoms with Crippen LogP contribution < -0.4 is 0 Å². The highest BCUT2D eigenvalue weighted by Crippen LogP contribution is 2.69. The van der Waals surface area contributed by atoms with Crippen LogP contribution in [-0.4, -0.2) is 135 Å². The SMILES string of the molecule is CC(=O)OC[C@@]12[C@@H](OC(C)=O)[C@@H](OC(C)=O)[C@@H]3OC(=O)[C@@](C)(OC(=O)c4ccccc4)CCc4ncccc4C(=O)OC[C@]4(C)O[C@@]1([C@H](O)[C@H]4[C@H](OC(C)=O)[C@@H]2OC(C)=O)[C@]3(C)O. The number of esters is 8. The summed E-state index contributed by atoms with van der Waals surface area (Å²) in [5.41, 5.74) is -13.0. The lowest BCUT2D eigenvalue weighted by Crippen LogP contribution is -2.89. The Hall–Kier alpha value is -5.99. The molecule has 340 valence electrons. The number of carbonyl (C=O) groups is 8. The van der Waals surface area contributed by atoms with Crippen molar-refractivity contribution in [1.82, 2.24) is 4.98 Å². The molecule has 2 aliphatic carbocycles. The number of hydrogen-bond donors (Lipinski definition) is 2. The Bertz CT molecular complexity index is 2190. The molecule has 0 unspecified atom stereocenters. The predicted octanol–water partition coefficient (Wildman–Crippen LogP) is 1.27. The highest BCUT2D eigenvalue weighted by atomic mass is 16.7. The number of rotatable bonds is 8. The van der Waals surface area contributed by atoms with E-state index in [0.717, 1.165) is 41.5 Å². The molecule has 2 aliphatic heterocycles. The fraction of sp³-hybridized carbons (Fsp3) is 0.558. The van der Waals surface area contributed by atoms with Crippen LogP contribution in [0.5, 0.6) is 0 Å². The molecule has 6 rings (SSSR count). The van der Waals surface area contributed by atoms with Gasteiger partial charge in [-0.2, -0.15) is 0 Å². The van der Waals surface area contributed by atoms with Gasteiger partial charge in [-0.15, -0.1) is 0 Å². The number of pyridine rings is 1. The normalized spacial score (nSPS) is 35.8. The minimum Gasteiger partial charge on any atom is -0.465 e. The van der Waals surface area contributed by atoms with Gasteiger partial charge in [-0.05, 0) is 51.5 Å². The fourth-order valence-electron chi connectivity index (χ4n) is 9.79. The summed E-state index contributed by atoms with van der Waals surface area (Å²) in [5.74, 6) is -10.3. The van der Waals surface area contributed by atoms with Crippen molar-refractivity contribution in [3.63, 3.8) is 0 Å². The summed E-state index contributed by atoms with van der Waals surface area (Å²) in [5, 5.41) is 26.4. The van der Waals surface area contributed by atoms with Gasteiger partial charge in [-0.1, -0.05) is 18.2 Å². The van der Waals surface area contributed by atoms with Crippen LogP contribution in [0.1, 0.15) is 88.2 Å². The molecule has 1 saturated heterocycles. The second kappa shape index (κ2) is 16.9. The lowest BCUT2D eigenvalue weighted by molar-refractivity contribution is -0.387. The van der Waals surface area contributed by atoms with E-state index in [0.29, 0.717) is 0 Å². The Morgan fingerprint density at radius 3 is 1.97 bits per heavy atom. The van der Waals surface area contributed by atoms with Crippen molar-refractivity contribution in [2.24, 2.45) is 11.3 Å². The molecule has 0 amide bonds. The van der Waals surface area contributed by atoms with Crippen LogP contribution in [0.3, 0.4) is 0 Å². The van der Waals surface area contributed by atoms with E-state index in [9.17, 15) is 48.6 Å². The van der Waals surface area contributed by atoms with Crippen LogP contribution in [0, 0.1) is 11.3 Å². The molecule has 1 aromatic carbocycles. The zero-order valence-electron chi connectivity index (χ0n) is 35.8. The van der Waals surface area contributed by atoms with Crippen molar-refractivity contribution in [2.75, 3.05) is 13.2 Å². The number of nitrogens with zero attached hydrogens (tertiary/aromatic N) is 1. The summed E-state index contributed by atoms with van der Waals surface area (Å²) in [7, 11) is 0. The summed E-state index contributed by atoms with van der Waals surface area (Å²) in [6, 6.07) is 10.4. The molecule has 4 aliphatic rings. The number of ether oxygens (including phenoxy) is 9. The van der Waals surface area contributed by atoms with E-state index in [1.165, 1.54) is 44.3 Å². The van der Waals surface area contributed by atoms with Gasteiger partial charge in [-0.3, -0.25) is 29.0 Å². The van der Waals surface area contributed by atoms with E-state index < -0.39 is 138 Å². The third-order valence-corrected chi connectivity index (χ3v) is 12.3. The number of carbonyl (C=O) groups excluding carboxylic acids is 8. The Labute approximate surface area is 360 Å². The number of aryl methyl sites for hydroxylation is 1. The Balaban J connectivity index is 1.71. The first-order chi connectivity index (χ1) is 29.5. The third kappa shape index (κ3) is 7.88. The maximum absolute atomic E-state index is 15.0. The Kier molecular flexibility index (Phi) is 12.5. The van der Waals surface area contributed by atoms with Gasteiger partial charge in [0.1, 0.15) is 41.5 Å². The second-order valence-electron chi connectivity index (χ2n) is 16.7. The molecular weight excluding hydrogens is 834 g/mol. The first kappa shape index (κ1) is 46.5. The van der Waals surface area contributed by atoms with Gasteiger partial charge in [-0.25, -0.2) is 14.4 Å². The first-order valence-electron chi connectivity index (χ1n) is 20.0. The molecule has 4 bridgehead atoms. The first-order valence-corrected chi connectivity index (χ1v) is 20.0. The van der Waals surface area contributed by atoms with Gasteiger partial charge in [0.15, 0.2) is 24.4 Å². The van der Waals surface area contributed by atoms with E-state index in [-0.39, 0.29) is 23.2 Å². The van der Waals surface area contributed by atoms with Crippen LogP contribution in [0.25, 0.3) is 0 Å². The summed E-state index contributed by atoms with van der Waals surface area (Å²) >= 11 is 0. The van der Waals surface area contributed by atoms with E-state index in [1.54, 1.807) is 18.2 Å². The molecule has 20 nitrogen and oxygen atoms in total. The van der Waals surface area contributed by atoms with E-state index in [2.05, 4.69) is 4.98 Å². The number of aliphatic hydroxyl groups is 2. The molecule has 2 N–H and O–H groups in total. The predicted molar refractivity (Wildman–Crippen MR) is 207 cm³/mol. The molecular formula is C43H49NO19. The van der Waals surface area contributed by atoms with Gasteiger partial charge in [0, 0.05) is 47.2 Å². The maximum Gasteiger partial charge on any atom is 0.350 e. The van der Waals surface area contributed by atoms with Gasteiger partial charge in [0.2, 0.25) is 5.60 Å². The molecule has 2 saturated carbocycles. The average Bonchev–Trinajstić information content (AvgIpc) is 3.40. The average molecular weight is 884 g/mol. The third-order valence-electron chi connectivity index (χ3n) is 12.3. The molecule has 20 heteroatoms. The summed E-state index contributed by atoms with van der Waals surface area (Å²) in [6.07, 6.45) is -12.1. The number of fused-ring (bicyclic) bond motifs is 5. The monoisotopic (exact) mass is 883 g/mol. The lowest BCUT2D eigenvalue weighted by Gasteiger charge is -2.67. The van der Waals surface area contributed by atoms with Crippen LogP contribution >= 0.6 is 0 Å². The molecule has 1 aromatic heterocycles. The Morgan fingerprint density at radius 2 is 1.38 bits per heavy atom. The fourth-order valence-corrected chi connectivity index (χ4v) is 9.79. The summed E-state index contributed by atoms with van der Waals surface area (Å²) in [4.78, 5) is 113. The van der Waals surface area contributed by atoms with E-state index in [4.69, 9.17) is 42.6 Å². The summed E-state index contributed by atoms with van der Waals surface area (Å²) in [6.45, 7) is 6.42. The van der Waals surface area contributed by atoms with Gasteiger partial charge < -0.3 is 52.8 Å². The summed E-state index contributed by atoms with van der Waals surface area (Å²) < 4.78 is 53.9. The van der Waals surface area contributed by atoms with Crippen molar-refractivity contribution < 1.29 is 91.2 Å². The zero-order valence-corrected chi connectivity index (χ0v) is 35.8. The number of aromatic nitrogens is 1. The lowest BCUT2D eigenvalue weighted by atomic mass is 9.45. The van der Waals surface area contributed by atoms with Crippen LogP contribution in [0.15, 0.2) is 48.7 Å². The highest BCUT2D eigenvalue weighted by Gasteiger charge is 2.91.